The van der Waals surface area contributed by atoms with Crippen LogP contribution in [0.15, 0.2) is 42.5 Å². The van der Waals surface area contributed by atoms with Gasteiger partial charge >= 0.3 is 5.97 Å². The van der Waals surface area contributed by atoms with Crippen molar-refractivity contribution < 1.29 is 23.8 Å². The van der Waals surface area contributed by atoms with Crippen molar-refractivity contribution in [1.82, 2.24) is 9.80 Å². The second-order valence-electron chi connectivity index (χ2n) is 9.74. The van der Waals surface area contributed by atoms with Gasteiger partial charge in [-0.25, -0.2) is 0 Å². The van der Waals surface area contributed by atoms with Crippen molar-refractivity contribution >= 4 is 17.6 Å². The number of nitrogens with zero attached hydrogens (tertiary/aromatic N) is 3. The van der Waals surface area contributed by atoms with Crippen LogP contribution in [0.1, 0.15) is 34.3 Å². The van der Waals surface area contributed by atoms with Crippen LogP contribution in [0.2, 0.25) is 0 Å². The molecule has 2 saturated heterocycles. The Kier molecular flexibility index (Phi) is 7.72. The number of fused-ring (bicyclic) bond motifs is 1. The lowest BCUT2D eigenvalue weighted by atomic mass is 9.96. The van der Waals surface area contributed by atoms with Crippen molar-refractivity contribution in [2.45, 2.75) is 25.9 Å². The fourth-order valence-electron chi connectivity index (χ4n) is 5.29. The van der Waals surface area contributed by atoms with E-state index >= 15 is 0 Å². The number of rotatable bonds is 5. The van der Waals surface area contributed by atoms with Crippen molar-refractivity contribution in [3.05, 3.63) is 59.2 Å². The van der Waals surface area contributed by atoms with Crippen LogP contribution in [0.3, 0.4) is 0 Å². The first-order valence-electron chi connectivity index (χ1n) is 12.9. The van der Waals surface area contributed by atoms with Gasteiger partial charge in [-0.2, -0.15) is 0 Å². The van der Waals surface area contributed by atoms with Crippen LogP contribution in [0.4, 0.5) is 5.69 Å². The van der Waals surface area contributed by atoms with Gasteiger partial charge in [0.2, 0.25) is 0 Å². The average Bonchev–Trinajstić information content (AvgIpc) is 3.15. The van der Waals surface area contributed by atoms with Crippen LogP contribution in [0, 0.1) is 5.92 Å². The molecule has 3 heterocycles. The molecule has 2 aromatic carbocycles. The quantitative estimate of drug-likeness (QED) is 0.593. The molecule has 0 atom stereocenters. The van der Waals surface area contributed by atoms with E-state index in [0.717, 1.165) is 75.8 Å². The minimum atomic E-state index is -0.0997. The first-order chi connectivity index (χ1) is 17.6. The van der Waals surface area contributed by atoms with Crippen molar-refractivity contribution in [3.63, 3.8) is 0 Å². The maximum atomic E-state index is 13.4. The Morgan fingerprint density at radius 3 is 2.42 bits per heavy atom. The predicted molar refractivity (Wildman–Crippen MR) is 136 cm³/mol. The molecule has 0 radical (unpaired) electrons. The van der Waals surface area contributed by atoms with Gasteiger partial charge in [0.25, 0.3) is 5.91 Å². The Morgan fingerprint density at radius 1 is 0.944 bits per heavy atom. The summed E-state index contributed by atoms with van der Waals surface area (Å²) in [4.78, 5) is 31.7. The van der Waals surface area contributed by atoms with E-state index in [1.807, 2.05) is 35.2 Å². The van der Waals surface area contributed by atoms with Gasteiger partial charge in [0.15, 0.2) is 0 Å². The molecule has 0 spiro atoms. The Bertz CT molecular complexity index is 1060. The molecule has 0 aromatic heterocycles. The number of anilines is 1. The minimum absolute atomic E-state index is 0.00852. The number of ether oxygens (including phenoxy) is 3. The number of carbonyl (C=O) groups is 2. The molecule has 0 N–H and O–H groups in total. The van der Waals surface area contributed by atoms with Crippen molar-refractivity contribution in [2.75, 3.05) is 64.6 Å². The second kappa shape index (κ2) is 11.3. The molecule has 192 valence electrons. The minimum Gasteiger partial charge on any atom is -0.491 e. The number of likely N-dealkylation sites (tertiary alicyclic amines) is 1. The van der Waals surface area contributed by atoms with Gasteiger partial charge in [0, 0.05) is 43.0 Å². The monoisotopic (exact) mass is 493 g/mol. The molecule has 0 aliphatic carbocycles. The second-order valence-corrected chi connectivity index (χ2v) is 9.74. The smallest absolute Gasteiger partial charge is 0.308 e. The lowest BCUT2D eigenvalue weighted by Gasteiger charge is -2.30. The third-order valence-corrected chi connectivity index (χ3v) is 7.41. The normalized spacial score (nSPS) is 19.2. The number of piperidine rings is 1. The SMILES string of the molecule is COC(=O)C1CCN(Cc2ccc3c(c2)CN(C(=O)c2ccc(N4CCOCC4)cc2)CCO3)CC1. The van der Waals surface area contributed by atoms with Gasteiger partial charge in [-0.15, -0.1) is 0 Å². The van der Waals surface area contributed by atoms with Crippen LogP contribution in [0.5, 0.6) is 5.75 Å². The molecular weight excluding hydrogens is 458 g/mol. The third kappa shape index (κ3) is 5.65. The zero-order chi connectivity index (χ0) is 24.9. The van der Waals surface area contributed by atoms with Crippen LogP contribution in [0.25, 0.3) is 0 Å². The highest BCUT2D eigenvalue weighted by Gasteiger charge is 2.26. The molecule has 8 heteroatoms. The number of benzene rings is 2. The van der Waals surface area contributed by atoms with E-state index in [9.17, 15) is 9.59 Å². The summed E-state index contributed by atoms with van der Waals surface area (Å²) in [5, 5.41) is 0. The maximum Gasteiger partial charge on any atom is 0.308 e. The lowest BCUT2D eigenvalue weighted by molar-refractivity contribution is -0.147. The Morgan fingerprint density at radius 2 is 1.69 bits per heavy atom. The summed E-state index contributed by atoms with van der Waals surface area (Å²) in [6.07, 6.45) is 1.65. The molecule has 8 nitrogen and oxygen atoms in total. The summed E-state index contributed by atoms with van der Waals surface area (Å²) in [7, 11) is 1.46. The molecule has 3 aliphatic heterocycles. The van der Waals surface area contributed by atoms with Crippen LogP contribution < -0.4 is 9.64 Å². The van der Waals surface area contributed by atoms with E-state index in [0.29, 0.717) is 25.3 Å². The number of esters is 1. The number of hydrogen-bond acceptors (Lipinski definition) is 7. The molecule has 0 saturated carbocycles. The third-order valence-electron chi connectivity index (χ3n) is 7.41. The number of hydrogen-bond donors (Lipinski definition) is 0. The zero-order valence-corrected chi connectivity index (χ0v) is 21.0. The Hall–Kier alpha value is -3.10. The Labute approximate surface area is 212 Å². The first kappa shape index (κ1) is 24.6. The van der Waals surface area contributed by atoms with Crippen molar-refractivity contribution in [3.8, 4) is 5.75 Å². The molecular formula is C28H35N3O5. The average molecular weight is 494 g/mol. The number of methoxy groups -OCH3 is 1. The van der Waals surface area contributed by atoms with Gasteiger partial charge in [0.05, 0.1) is 32.8 Å². The topological polar surface area (TPSA) is 71.6 Å². The number of amides is 1. The standard InChI is InChI=1S/C28H35N3O5/c1-34-28(33)23-8-10-29(11-9-23)19-21-2-7-26-24(18-21)20-31(14-17-36-26)27(32)22-3-5-25(6-4-22)30-12-15-35-16-13-30/h2-7,18,23H,8-17,19-20H2,1H3. The van der Waals surface area contributed by atoms with E-state index in [-0.39, 0.29) is 17.8 Å². The van der Waals surface area contributed by atoms with Crippen molar-refractivity contribution in [2.24, 2.45) is 5.92 Å². The predicted octanol–water partition coefficient (Wildman–Crippen LogP) is 2.94. The highest BCUT2D eigenvalue weighted by molar-refractivity contribution is 5.94. The van der Waals surface area contributed by atoms with Crippen LogP contribution >= 0.6 is 0 Å². The van der Waals surface area contributed by atoms with E-state index in [4.69, 9.17) is 14.2 Å². The zero-order valence-electron chi connectivity index (χ0n) is 21.0. The molecule has 2 aromatic rings. The van der Waals surface area contributed by atoms with E-state index < -0.39 is 0 Å². The molecule has 2 fully saturated rings. The van der Waals surface area contributed by atoms with Crippen molar-refractivity contribution in [1.29, 1.82) is 0 Å². The summed E-state index contributed by atoms with van der Waals surface area (Å²) >= 11 is 0. The van der Waals surface area contributed by atoms with Crippen LogP contribution in [-0.2, 0) is 27.4 Å². The molecule has 0 unspecified atom stereocenters. The van der Waals surface area contributed by atoms with E-state index in [2.05, 4.69) is 21.9 Å². The summed E-state index contributed by atoms with van der Waals surface area (Å²) < 4.78 is 16.3. The Balaban J connectivity index is 1.22. The summed E-state index contributed by atoms with van der Waals surface area (Å²) in [5.41, 5.74) is 4.05. The van der Waals surface area contributed by atoms with Gasteiger partial charge in [0.1, 0.15) is 12.4 Å². The maximum absolute atomic E-state index is 13.4. The molecule has 0 bridgehead atoms. The summed E-state index contributed by atoms with van der Waals surface area (Å²) in [6, 6.07) is 14.2. The van der Waals surface area contributed by atoms with Gasteiger partial charge < -0.3 is 24.0 Å². The molecule has 1 amide bonds. The fraction of sp³-hybridized carbons (Fsp3) is 0.500. The number of carbonyl (C=O) groups excluding carboxylic acids is 2. The highest BCUT2D eigenvalue weighted by Crippen LogP contribution is 2.27. The van der Waals surface area contributed by atoms with Gasteiger partial charge in [-0.05, 0) is 67.9 Å². The summed E-state index contributed by atoms with van der Waals surface area (Å²) in [6.45, 7) is 7.34. The van der Waals surface area contributed by atoms with E-state index in [1.54, 1.807) is 0 Å². The fourth-order valence-corrected chi connectivity index (χ4v) is 5.29. The number of morpholine rings is 1. The molecule has 5 rings (SSSR count). The highest BCUT2D eigenvalue weighted by atomic mass is 16.5. The van der Waals surface area contributed by atoms with Gasteiger partial charge in [-0.1, -0.05) is 6.07 Å². The largest absolute Gasteiger partial charge is 0.491 e. The van der Waals surface area contributed by atoms with E-state index in [1.165, 1.54) is 12.7 Å². The van der Waals surface area contributed by atoms with Gasteiger partial charge in [-0.3, -0.25) is 14.5 Å². The molecule has 36 heavy (non-hydrogen) atoms. The summed E-state index contributed by atoms with van der Waals surface area (Å²) in [5.74, 6) is 0.780. The lowest BCUT2D eigenvalue weighted by Crippen LogP contribution is -2.36. The molecule has 3 aliphatic rings. The van der Waals surface area contributed by atoms with Crippen LogP contribution in [-0.4, -0.2) is 81.3 Å². The first-order valence-corrected chi connectivity index (χ1v) is 12.9.